The third-order valence-corrected chi connectivity index (χ3v) is 3.63. The van der Waals surface area contributed by atoms with E-state index < -0.39 is 0 Å². The molecule has 0 saturated carbocycles. The molecule has 1 heterocycles. The minimum Gasteiger partial charge on any atom is -0.380 e. The van der Waals surface area contributed by atoms with Crippen LogP contribution in [0.4, 0.5) is 11.4 Å². The highest BCUT2D eigenvalue weighted by molar-refractivity contribution is 7.12. The Balaban J connectivity index is 2.09. The van der Waals surface area contributed by atoms with Crippen LogP contribution in [0, 0.1) is 28.4 Å². The van der Waals surface area contributed by atoms with Gasteiger partial charge in [-0.2, -0.15) is 5.26 Å². The molecule has 0 aliphatic rings. The maximum absolute atomic E-state index is 10.8. The molecule has 0 saturated heterocycles. The fraction of sp³-hybridized carbons (Fsp3) is 0.154. The summed E-state index contributed by atoms with van der Waals surface area (Å²) in [5.74, 6) is 0. The zero-order valence-corrected chi connectivity index (χ0v) is 11.0. The molecule has 0 spiro atoms. The summed E-state index contributed by atoms with van der Waals surface area (Å²) in [6, 6.07) is 10.8. The van der Waals surface area contributed by atoms with Crippen LogP contribution >= 0.6 is 11.3 Å². The Hall–Kier alpha value is -2.39. The number of nitrogens with one attached hydrogen (secondary N) is 1. The standard InChI is InChI=1S/C13H11N3O2S/c1-9-2-3-10(6-13(9)16(17)18)15-8-12-5-4-11(7-14)19-12/h2-6,15H,8H2,1H3. The van der Waals surface area contributed by atoms with E-state index in [-0.39, 0.29) is 10.6 Å². The molecule has 2 aromatic rings. The summed E-state index contributed by atoms with van der Waals surface area (Å²) in [5, 5.41) is 22.7. The molecular weight excluding hydrogens is 262 g/mol. The molecule has 2 rings (SSSR count). The van der Waals surface area contributed by atoms with E-state index in [2.05, 4.69) is 11.4 Å². The van der Waals surface area contributed by atoms with Crippen molar-refractivity contribution in [2.75, 3.05) is 5.32 Å². The first-order valence-corrected chi connectivity index (χ1v) is 6.39. The van der Waals surface area contributed by atoms with Crippen LogP contribution in [0.1, 0.15) is 15.3 Å². The molecule has 0 radical (unpaired) electrons. The number of nitrogens with zero attached hydrogens (tertiary/aromatic N) is 2. The molecule has 0 unspecified atom stereocenters. The maximum atomic E-state index is 10.8. The van der Waals surface area contributed by atoms with Crippen molar-refractivity contribution in [3.63, 3.8) is 0 Å². The lowest BCUT2D eigenvalue weighted by Gasteiger charge is -2.05. The van der Waals surface area contributed by atoms with Crippen molar-refractivity contribution in [2.24, 2.45) is 0 Å². The Labute approximate surface area is 114 Å². The highest BCUT2D eigenvalue weighted by atomic mass is 32.1. The first-order chi connectivity index (χ1) is 9.10. The number of hydrogen-bond acceptors (Lipinski definition) is 5. The van der Waals surface area contributed by atoms with E-state index in [1.54, 1.807) is 25.1 Å². The van der Waals surface area contributed by atoms with Crippen molar-refractivity contribution in [3.8, 4) is 6.07 Å². The molecule has 0 aliphatic carbocycles. The predicted molar refractivity (Wildman–Crippen MR) is 74.2 cm³/mol. The van der Waals surface area contributed by atoms with Gasteiger partial charge < -0.3 is 5.32 Å². The molecule has 1 N–H and O–H groups in total. The quantitative estimate of drug-likeness (QED) is 0.683. The van der Waals surface area contributed by atoms with Crippen LogP contribution in [0.5, 0.6) is 0 Å². The molecule has 0 aliphatic heterocycles. The van der Waals surface area contributed by atoms with Crippen LogP contribution in [-0.2, 0) is 6.54 Å². The van der Waals surface area contributed by atoms with E-state index in [9.17, 15) is 10.1 Å². The second-order valence-corrected chi connectivity index (χ2v) is 5.16. The van der Waals surface area contributed by atoms with Gasteiger partial charge in [0.15, 0.2) is 0 Å². The Bertz CT molecular complexity index is 658. The van der Waals surface area contributed by atoms with Gasteiger partial charge in [-0.25, -0.2) is 0 Å². The van der Waals surface area contributed by atoms with Crippen molar-refractivity contribution in [1.82, 2.24) is 0 Å². The highest BCUT2D eigenvalue weighted by Gasteiger charge is 2.10. The first-order valence-electron chi connectivity index (χ1n) is 5.58. The minimum absolute atomic E-state index is 0.105. The van der Waals surface area contributed by atoms with Gasteiger partial charge in [0.05, 0.1) is 4.92 Å². The molecule has 19 heavy (non-hydrogen) atoms. The second-order valence-electron chi connectivity index (χ2n) is 3.99. The molecule has 96 valence electrons. The van der Waals surface area contributed by atoms with Gasteiger partial charge in [-0.3, -0.25) is 10.1 Å². The lowest BCUT2D eigenvalue weighted by Crippen LogP contribution is -1.99. The third-order valence-electron chi connectivity index (χ3n) is 2.64. The molecule has 1 aromatic carbocycles. The van der Waals surface area contributed by atoms with Gasteiger partial charge in [0.1, 0.15) is 10.9 Å². The molecule has 5 nitrogen and oxygen atoms in total. The minimum atomic E-state index is -0.389. The van der Waals surface area contributed by atoms with Crippen LogP contribution in [0.15, 0.2) is 30.3 Å². The van der Waals surface area contributed by atoms with Crippen molar-refractivity contribution in [1.29, 1.82) is 5.26 Å². The second kappa shape index (κ2) is 5.50. The zero-order chi connectivity index (χ0) is 13.8. The summed E-state index contributed by atoms with van der Waals surface area (Å²) < 4.78 is 0. The largest absolute Gasteiger partial charge is 0.380 e. The van der Waals surface area contributed by atoms with Gasteiger partial charge in [0, 0.05) is 28.7 Å². The molecule has 1 aromatic heterocycles. The summed E-state index contributed by atoms with van der Waals surface area (Å²) in [5.41, 5.74) is 1.44. The number of hydrogen-bond donors (Lipinski definition) is 1. The van der Waals surface area contributed by atoms with Gasteiger partial charge in [-0.05, 0) is 25.1 Å². The van der Waals surface area contributed by atoms with Gasteiger partial charge in [-0.15, -0.1) is 11.3 Å². The van der Waals surface area contributed by atoms with E-state index >= 15 is 0 Å². The van der Waals surface area contributed by atoms with Crippen LogP contribution in [-0.4, -0.2) is 4.92 Å². The maximum Gasteiger partial charge on any atom is 0.274 e. The molecule has 0 atom stereocenters. The molecule has 0 bridgehead atoms. The summed E-state index contributed by atoms with van der Waals surface area (Å²) in [7, 11) is 0. The molecule has 6 heteroatoms. The number of rotatable bonds is 4. The van der Waals surface area contributed by atoms with Crippen LogP contribution < -0.4 is 5.32 Å². The number of nitriles is 1. The predicted octanol–water partition coefficient (Wildman–Crippen LogP) is 3.45. The number of thiophene rings is 1. The smallest absolute Gasteiger partial charge is 0.274 e. The SMILES string of the molecule is Cc1ccc(NCc2ccc(C#N)s2)cc1[N+](=O)[O-]. The molecule has 0 amide bonds. The number of anilines is 1. The Morgan fingerprint density at radius 1 is 1.42 bits per heavy atom. The van der Waals surface area contributed by atoms with E-state index in [0.717, 1.165) is 4.88 Å². The lowest BCUT2D eigenvalue weighted by molar-refractivity contribution is -0.385. The number of nitro benzene ring substituents is 1. The zero-order valence-electron chi connectivity index (χ0n) is 10.2. The number of aryl methyl sites for hydroxylation is 1. The lowest BCUT2D eigenvalue weighted by atomic mass is 10.2. The fourth-order valence-electron chi connectivity index (χ4n) is 1.64. The van der Waals surface area contributed by atoms with Crippen LogP contribution in [0.3, 0.4) is 0 Å². The average Bonchev–Trinajstić information content (AvgIpc) is 2.85. The van der Waals surface area contributed by atoms with Gasteiger partial charge in [0.2, 0.25) is 0 Å². The molecular formula is C13H11N3O2S. The Morgan fingerprint density at radius 3 is 2.84 bits per heavy atom. The Kier molecular flexibility index (Phi) is 3.78. The van der Waals surface area contributed by atoms with Crippen molar-refractivity contribution >= 4 is 22.7 Å². The summed E-state index contributed by atoms with van der Waals surface area (Å²) in [4.78, 5) is 12.1. The van der Waals surface area contributed by atoms with E-state index in [0.29, 0.717) is 22.7 Å². The van der Waals surface area contributed by atoms with Crippen molar-refractivity contribution in [3.05, 3.63) is 55.8 Å². The topological polar surface area (TPSA) is 79.0 Å². The monoisotopic (exact) mass is 273 g/mol. The van der Waals surface area contributed by atoms with Crippen molar-refractivity contribution < 1.29 is 4.92 Å². The first kappa shape index (κ1) is 13.1. The van der Waals surface area contributed by atoms with Crippen LogP contribution in [0.2, 0.25) is 0 Å². The highest BCUT2D eigenvalue weighted by Crippen LogP contribution is 2.23. The van der Waals surface area contributed by atoms with E-state index in [4.69, 9.17) is 5.26 Å². The van der Waals surface area contributed by atoms with E-state index in [1.807, 2.05) is 6.07 Å². The van der Waals surface area contributed by atoms with Crippen LogP contribution in [0.25, 0.3) is 0 Å². The van der Waals surface area contributed by atoms with Gasteiger partial charge in [-0.1, -0.05) is 6.07 Å². The summed E-state index contributed by atoms with van der Waals surface area (Å²) in [6.07, 6.45) is 0. The van der Waals surface area contributed by atoms with E-state index in [1.165, 1.54) is 17.4 Å². The number of benzene rings is 1. The third kappa shape index (κ3) is 3.09. The fourth-order valence-corrected chi connectivity index (χ4v) is 2.38. The molecule has 0 fully saturated rings. The number of nitro groups is 1. The summed E-state index contributed by atoms with van der Waals surface area (Å²) in [6.45, 7) is 2.26. The van der Waals surface area contributed by atoms with Gasteiger partial charge in [0.25, 0.3) is 5.69 Å². The normalized spacial score (nSPS) is 9.89. The van der Waals surface area contributed by atoms with Gasteiger partial charge >= 0.3 is 0 Å². The average molecular weight is 273 g/mol. The summed E-state index contributed by atoms with van der Waals surface area (Å²) >= 11 is 1.41. The van der Waals surface area contributed by atoms with Crippen molar-refractivity contribution in [2.45, 2.75) is 13.5 Å². The Morgan fingerprint density at radius 2 is 2.21 bits per heavy atom.